The maximum Gasteiger partial charge on any atom is 0.245 e. The molecule has 2 aliphatic rings. The van der Waals surface area contributed by atoms with Crippen LogP contribution in [-0.4, -0.2) is 68.9 Å². The minimum atomic E-state index is -1.46. The maximum atomic E-state index is 11.9. The number of nitrogens with zero attached hydrogens (tertiary/aromatic N) is 2. The third kappa shape index (κ3) is 2.63. The molecule has 18 heavy (non-hydrogen) atoms. The number of rotatable bonds is 6. The summed E-state index contributed by atoms with van der Waals surface area (Å²) in [6, 6.07) is 0. The Balaban J connectivity index is 1.97. The minimum Gasteiger partial charge on any atom is -0.475 e. The summed E-state index contributed by atoms with van der Waals surface area (Å²) in [5.41, 5.74) is -1.46. The molecule has 0 saturated carbocycles. The van der Waals surface area contributed by atoms with Crippen molar-refractivity contribution >= 4 is 11.8 Å². The third-order valence-corrected chi connectivity index (χ3v) is 3.14. The van der Waals surface area contributed by atoms with Crippen LogP contribution in [0.25, 0.3) is 0 Å². The summed E-state index contributed by atoms with van der Waals surface area (Å²) in [6.45, 7) is 2.36. The Morgan fingerprint density at radius 2 is 2.39 bits per heavy atom. The van der Waals surface area contributed by atoms with Crippen LogP contribution in [-0.2, 0) is 19.4 Å². The van der Waals surface area contributed by atoms with Crippen LogP contribution >= 0.6 is 0 Å². The van der Waals surface area contributed by atoms with E-state index in [1.54, 1.807) is 0 Å². The Bertz CT molecular complexity index is 337. The zero-order valence-electron chi connectivity index (χ0n) is 10.5. The molecule has 0 aromatic heterocycles. The monoisotopic (exact) mass is 256 g/mol. The van der Waals surface area contributed by atoms with Crippen molar-refractivity contribution in [3.05, 3.63) is 0 Å². The van der Waals surface area contributed by atoms with Crippen molar-refractivity contribution in [1.29, 1.82) is 0 Å². The second-order valence-electron chi connectivity index (χ2n) is 4.39. The van der Waals surface area contributed by atoms with E-state index in [-0.39, 0.29) is 18.3 Å². The second kappa shape index (κ2) is 5.64. The highest BCUT2D eigenvalue weighted by molar-refractivity contribution is 5.91. The predicted molar refractivity (Wildman–Crippen MR) is 62.7 cm³/mol. The van der Waals surface area contributed by atoms with E-state index in [0.29, 0.717) is 13.2 Å². The van der Waals surface area contributed by atoms with Gasteiger partial charge in [-0.15, -0.1) is 0 Å². The van der Waals surface area contributed by atoms with Gasteiger partial charge >= 0.3 is 0 Å². The molecule has 0 aromatic carbocycles. The highest BCUT2D eigenvalue weighted by Gasteiger charge is 2.41. The van der Waals surface area contributed by atoms with E-state index in [1.165, 1.54) is 7.11 Å². The molecule has 1 unspecified atom stereocenters. The number of ether oxygens (including phenoxy) is 2. The van der Waals surface area contributed by atoms with Crippen molar-refractivity contribution in [2.24, 2.45) is 4.99 Å². The van der Waals surface area contributed by atoms with Crippen molar-refractivity contribution in [3.8, 4) is 0 Å². The van der Waals surface area contributed by atoms with Gasteiger partial charge in [-0.2, -0.15) is 0 Å². The Morgan fingerprint density at radius 3 is 2.83 bits per heavy atom. The van der Waals surface area contributed by atoms with Crippen molar-refractivity contribution in [3.63, 3.8) is 0 Å². The molecule has 2 rings (SSSR count). The van der Waals surface area contributed by atoms with Gasteiger partial charge in [-0.1, -0.05) is 0 Å². The summed E-state index contributed by atoms with van der Waals surface area (Å²) < 4.78 is 10.4. The summed E-state index contributed by atoms with van der Waals surface area (Å²) in [4.78, 5) is 17.9. The number of nitrogens with one attached hydrogen (secondary N) is 1. The summed E-state index contributed by atoms with van der Waals surface area (Å²) >= 11 is 0. The summed E-state index contributed by atoms with van der Waals surface area (Å²) in [7, 11) is 1.37. The number of hydrogen-bond donors (Lipinski definition) is 1. The van der Waals surface area contributed by atoms with E-state index < -0.39 is 12.3 Å². The fourth-order valence-electron chi connectivity index (χ4n) is 1.94. The van der Waals surface area contributed by atoms with Gasteiger partial charge in [0.2, 0.25) is 17.5 Å². The predicted octanol–water partition coefficient (Wildman–Crippen LogP) is -0.990. The van der Waals surface area contributed by atoms with E-state index in [4.69, 9.17) is 9.47 Å². The van der Waals surface area contributed by atoms with Gasteiger partial charge in [0.1, 0.15) is 13.2 Å². The minimum absolute atomic E-state index is 0.178. The first-order valence-electron chi connectivity index (χ1n) is 6.04. The normalized spacial score (nSPS) is 22.7. The van der Waals surface area contributed by atoms with Crippen LogP contribution < -0.4 is 5.32 Å². The standard InChI is InChI=1S/C11H18N3O4/c1-17-11(8-15,10-12-3-6-18-10)13-9(16)7-14-4-2-5-14/h2-8H2,1H3,(H,13,16). The molecule has 1 N–H and O–H groups in total. The first-order valence-corrected chi connectivity index (χ1v) is 6.04. The zero-order valence-corrected chi connectivity index (χ0v) is 10.5. The molecular formula is C11H18N3O4. The molecule has 7 heteroatoms. The molecule has 2 heterocycles. The largest absolute Gasteiger partial charge is 0.475 e. The third-order valence-electron chi connectivity index (χ3n) is 3.14. The average molecular weight is 256 g/mol. The van der Waals surface area contributed by atoms with Gasteiger partial charge in [0.05, 0.1) is 13.1 Å². The van der Waals surface area contributed by atoms with Gasteiger partial charge in [-0.05, 0) is 19.5 Å². The van der Waals surface area contributed by atoms with Crippen LogP contribution in [0, 0.1) is 0 Å². The van der Waals surface area contributed by atoms with E-state index in [9.17, 15) is 9.90 Å². The molecule has 101 valence electrons. The van der Waals surface area contributed by atoms with Gasteiger partial charge < -0.3 is 14.8 Å². The van der Waals surface area contributed by atoms with Gasteiger partial charge in [-0.25, -0.2) is 10.1 Å². The van der Waals surface area contributed by atoms with Gasteiger partial charge in [0.25, 0.3) is 0 Å². The van der Waals surface area contributed by atoms with E-state index in [0.717, 1.165) is 19.5 Å². The molecule has 0 bridgehead atoms. The Kier molecular flexibility index (Phi) is 4.15. The molecule has 1 saturated heterocycles. The molecule has 1 radical (unpaired) electrons. The van der Waals surface area contributed by atoms with Gasteiger partial charge in [0, 0.05) is 7.11 Å². The lowest BCUT2D eigenvalue weighted by molar-refractivity contribution is -0.133. The summed E-state index contributed by atoms with van der Waals surface area (Å²) in [5.74, 6) is -0.0671. The molecule has 7 nitrogen and oxygen atoms in total. The molecule has 1 atom stereocenters. The SMILES string of the molecule is COC(C[O])(NC(=O)CN1CCC1)C1=NCCO1. The lowest BCUT2D eigenvalue weighted by Crippen LogP contribution is -2.60. The highest BCUT2D eigenvalue weighted by Crippen LogP contribution is 2.14. The lowest BCUT2D eigenvalue weighted by Gasteiger charge is -2.33. The van der Waals surface area contributed by atoms with Crippen LogP contribution in [0.15, 0.2) is 4.99 Å². The van der Waals surface area contributed by atoms with Crippen LogP contribution in [0.3, 0.4) is 0 Å². The number of methoxy groups -OCH3 is 1. The molecule has 0 spiro atoms. The zero-order chi connectivity index (χ0) is 13.0. The molecule has 1 amide bonds. The van der Waals surface area contributed by atoms with Crippen LogP contribution in [0.1, 0.15) is 6.42 Å². The second-order valence-corrected chi connectivity index (χ2v) is 4.39. The van der Waals surface area contributed by atoms with Crippen LogP contribution in [0.5, 0.6) is 0 Å². The number of carbonyl (C=O) groups excluding carboxylic acids is 1. The quantitative estimate of drug-likeness (QED) is 0.619. The van der Waals surface area contributed by atoms with Crippen molar-refractivity contribution in [2.75, 3.05) is 46.5 Å². The Morgan fingerprint density at radius 1 is 1.61 bits per heavy atom. The maximum absolute atomic E-state index is 11.9. The van der Waals surface area contributed by atoms with Crippen LogP contribution in [0.2, 0.25) is 0 Å². The molecule has 2 aliphatic heterocycles. The summed E-state index contributed by atoms with van der Waals surface area (Å²) in [6.07, 6.45) is 1.11. The highest BCUT2D eigenvalue weighted by atomic mass is 16.6. The van der Waals surface area contributed by atoms with Crippen LogP contribution in [0.4, 0.5) is 0 Å². The molecular weight excluding hydrogens is 238 g/mol. The van der Waals surface area contributed by atoms with E-state index in [2.05, 4.69) is 10.3 Å². The molecule has 1 fully saturated rings. The molecule has 0 aromatic rings. The number of aliphatic imine (C=N–C) groups is 1. The fraction of sp³-hybridized carbons (Fsp3) is 0.818. The number of hydrogen-bond acceptors (Lipinski definition) is 5. The Hall–Kier alpha value is -1.18. The van der Waals surface area contributed by atoms with Crippen molar-refractivity contribution < 1.29 is 19.4 Å². The van der Waals surface area contributed by atoms with Crippen molar-refractivity contribution in [2.45, 2.75) is 12.1 Å². The summed E-state index contributed by atoms with van der Waals surface area (Å²) in [5, 5.41) is 14.0. The van der Waals surface area contributed by atoms with E-state index in [1.807, 2.05) is 4.90 Å². The smallest absolute Gasteiger partial charge is 0.245 e. The van der Waals surface area contributed by atoms with Gasteiger partial charge in [-0.3, -0.25) is 9.69 Å². The first kappa shape index (κ1) is 13.3. The fourth-order valence-corrected chi connectivity index (χ4v) is 1.94. The number of amides is 1. The molecule has 0 aliphatic carbocycles. The lowest BCUT2D eigenvalue weighted by atomic mass is 10.2. The van der Waals surface area contributed by atoms with Gasteiger partial charge in [0.15, 0.2) is 0 Å². The first-order chi connectivity index (χ1) is 8.70. The van der Waals surface area contributed by atoms with Crippen molar-refractivity contribution in [1.82, 2.24) is 10.2 Å². The van der Waals surface area contributed by atoms with E-state index >= 15 is 0 Å². The Labute approximate surface area is 106 Å². The topological polar surface area (TPSA) is 83.1 Å². The average Bonchev–Trinajstić information content (AvgIpc) is 2.85. The number of carbonyl (C=O) groups is 1. The number of likely N-dealkylation sites (tertiary alicyclic amines) is 1.